The summed E-state index contributed by atoms with van der Waals surface area (Å²) in [5.74, 6) is 0.812. The van der Waals surface area contributed by atoms with E-state index in [1.807, 2.05) is 42.5 Å². The summed E-state index contributed by atoms with van der Waals surface area (Å²) in [6.07, 6.45) is 3.72. The van der Waals surface area contributed by atoms with Gasteiger partial charge in [-0.05, 0) is 42.8 Å². The lowest BCUT2D eigenvalue weighted by Crippen LogP contribution is -2.02. The van der Waals surface area contributed by atoms with Crippen molar-refractivity contribution < 1.29 is 9.15 Å². The highest BCUT2D eigenvalue weighted by Gasteiger charge is 2.13. The van der Waals surface area contributed by atoms with E-state index in [9.17, 15) is 10.1 Å². The molecule has 4 rings (SSSR count). The number of allylic oxidation sites excluding steroid dienone is 1. The number of nitriles is 1. The average Bonchev–Trinajstić information content (AvgIpc) is 3.30. The Kier molecular flexibility index (Phi) is 6.63. The molecule has 2 heterocycles. The van der Waals surface area contributed by atoms with Crippen LogP contribution < -0.4 is 15.7 Å². The minimum Gasteiger partial charge on any atom is -0.494 e. The number of unbranched alkanes of at least 4 members (excludes halogenated alkanes) is 1. The molecule has 0 aliphatic heterocycles. The van der Waals surface area contributed by atoms with Gasteiger partial charge in [-0.3, -0.25) is 0 Å². The summed E-state index contributed by atoms with van der Waals surface area (Å²) in [5, 5.41) is 15.8. The first-order valence-corrected chi connectivity index (χ1v) is 11.1. The van der Waals surface area contributed by atoms with Gasteiger partial charge in [0.2, 0.25) is 0 Å². The molecule has 0 atom stereocenters. The van der Waals surface area contributed by atoms with Crippen molar-refractivity contribution in [3.05, 3.63) is 81.6 Å². The number of fused-ring (bicyclic) bond motifs is 1. The highest BCUT2D eigenvalue weighted by atomic mass is 32.1. The molecule has 0 amide bonds. The van der Waals surface area contributed by atoms with Crippen molar-refractivity contribution in [2.45, 2.75) is 19.8 Å². The van der Waals surface area contributed by atoms with Crippen LogP contribution in [0.3, 0.4) is 0 Å². The number of ether oxygens (including phenoxy) is 1. The fourth-order valence-electron chi connectivity index (χ4n) is 3.04. The van der Waals surface area contributed by atoms with E-state index < -0.39 is 5.63 Å². The molecular weight excluding hydrogens is 422 g/mol. The number of aromatic nitrogens is 1. The maximum absolute atomic E-state index is 12.4. The van der Waals surface area contributed by atoms with Crippen molar-refractivity contribution in [3.8, 4) is 23.1 Å². The molecule has 0 aliphatic carbocycles. The molecule has 7 heteroatoms. The molecule has 0 saturated carbocycles. The Labute approximate surface area is 189 Å². The number of hydrogen-bond donors (Lipinski definition) is 1. The maximum atomic E-state index is 12.4. The largest absolute Gasteiger partial charge is 0.494 e. The number of nitrogens with one attached hydrogen (secondary N) is 1. The minimum atomic E-state index is -0.456. The Morgan fingerprint density at radius 3 is 2.84 bits per heavy atom. The lowest BCUT2D eigenvalue weighted by Gasteiger charge is -2.06. The number of benzene rings is 2. The van der Waals surface area contributed by atoms with Gasteiger partial charge in [0.25, 0.3) is 0 Å². The standard InChI is InChI=1S/C25H21N3O3S/c1-2-3-12-30-20-10-8-19(9-11-20)27-15-18(14-26)24-28-22(16-32-24)21-13-17-6-4-5-7-23(17)31-25(21)29/h4-11,13,15-16,27H,2-3,12H2,1H3. The Balaban J connectivity index is 1.51. The first-order valence-electron chi connectivity index (χ1n) is 10.3. The van der Waals surface area contributed by atoms with E-state index in [0.29, 0.717) is 34.0 Å². The summed E-state index contributed by atoms with van der Waals surface area (Å²) in [7, 11) is 0. The molecule has 0 bridgehead atoms. The van der Waals surface area contributed by atoms with Gasteiger partial charge in [0, 0.05) is 22.7 Å². The Morgan fingerprint density at radius 1 is 1.25 bits per heavy atom. The molecule has 6 nitrogen and oxygen atoms in total. The molecule has 160 valence electrons. The van der Waals surface area contributed by atoms with Crippen molar-refractivity contribution >= 4 is 33.6 Å². The summed E-state index contributed by atoms with van der Waals surface area (Å²) in [6.45, 7) is 2.82. The zero-order valence-corrected chi connectivity index (χ0v) is 18.3. The molecule has 0 unspecified atom stereocenters. The molecule has 0 aliphatic rings. The van der Waals surface area contributed by atoms with Crippen molar-refractivity contribution in [2.24, 2.45) is 0 Å². The minimum absolute atomic E-state index is 0.370. The first-order chi connectivity index (χ1) is 15.7. The van der Waals surface area contributed by atoms with Crippen LogP contribution >= 0.6 is 11.3 Å². The third kappa shape index (κ3) is 4.88. The normalized spacial score (nSPS) is 11.3. The third-order valence-electron chi connectivity index (χ3n) is 4.78. The number of thiazole rings is 1. The fraction of sp³-hybridized carbons (Fsp3) is 0.160. The van der Waals surface area contributed by atoms with Gasteiger partial charge in [0.15, 0.2) is 0 Å². The molecule has 1 N–H and O–H groups in total. The second-order valence-corrected chi connectivity index (χ2v) is 7.92. The smallest absolute Gasteiger partial charge is 0.345 e. The molecule has 32 heavy (non-hydrogen) atoms. The van der Waals surface area contributed by atoms with Crippen LogP contribution in [0.5, 0.6) is 5.75 Å². The average molecular weight is 444 g/mol. The SMILES string of the molecule is CCCCOc1ccc(NC=C(C#N)c2nc(-c3cc4ccccc4oc3=O)cs2)cc1. The van der Waals surface area contributed by atoms with Crippen molar-refractivity contribution in [1.29, 1.82) is 5.26 Å². The molecule has 4 aromatic rings. The van der Waals surface area contributed by atoms with E-state index in [2.05, 4.69) is 23.3 Å². The van der Waals surface area contributed by atoms with Gasteiger partial charge in [0.1, 0.15) is 28.0 Å². The lowest BCUT2D eigenvalue weighted by atomic mass is 10.1. The summed E-state index contributed by atoms with van der Waals surface area (Å²) < 4.78 is 11.1. The Bertz CT molecular complexity index is 1350. The van der Waals surface area contributed by atoms with Crippen LogP contribution in [0.25, 0.3) is 27.8 Å². The second kappa shape index (κ2) is 9.94. The van der Waals surface area contributed by atoms with Gasteiger partial charge < -0.3 is 14.5 Å². The quantitative estimate of drug-likeness (QED) is 0.202. The van der Waals surface area contributed by atoms with Gasteiger partial charge in [-0.25, -0.2) is 9.78 Å². The molecule has 2 aromatic heterocycles. The van der Waals surface area contributed by atoms with E-state index in [0.717, 1.165) is 29.7 Å². The monoisotopic (exact) mass is 443 g/mol. The van der Waals surface area contributed by atoms with Gasteiger partial charge in [-0.2, -0.15) is 5.26 Å². The van der Waals surface area contributed by atoms with Crippen LogP contribution in [0.1, 0.15) is 24.8 Å². The molecule has 2 aromatic carbocycles. The van der Waals surface area contributed by atoms with Crippen LogP contribution in [0, 0.1) is 11.3 Å². The molecular formula is C25H21N3O3S. The van der Waals surface area contributed by atoms with E-state index in [1.165, 1.54) is 11.3 Å². The number of anilines is 1. The second-order valence-electron chi connectivity index (χ2n) is 7.06. The molecule has 0 spiro atoms. The van der Waals surface area contributed by atoms with Gasteiger partial charge in [-0.1, -0.05) is 31.5 Å². The number of hydrogen-bond acceptors (Lipinski definition) is 7. The molecule has 0 saturated heterocycles. The summed E-state index contributed by atoms with van der Waals surface area (Å²) in [6, 6.07) is 18.8. The van der Waals surface area contributed by atoms with Crippen molar-refractivity contribution in [1.82, 2.24) is 4.98 Å². The maximum Gasteiger partial charge on any atom is 0.345 e. The zero-order chi connectivity index (χ0) is 22.3. The lowest BCUT2D eigenvalue weighted by molar-refractivity contribution is 0.309. The van der Waals surface area contributed by atoms with E-state index in [4.69, 9.17) is 9.15 Å². The van der Waals surface area contributed by atoms with Gasteiger partial charge in [0.05, 0.1) is 17.9 Å². The van der Waals surface area contributed by atoms with Crippen LogP contribution in [-0.2, 0) is 0 Å². The van der Waals surface area contributed by atoms with Crippen LogP contribution in [0.4, 0.5) is 5.69 Å². The third-order valence-corrected chi connectivity index (χ3v) is 5.65. The number of nitrogens with zero attached hydrogens (tertiary/aromatic N) is 2. The summed E-state index contributed by atoms with van der Waals surface area (Å²) in [5.41, 5.74) is 2.12. The van der Waals surface area contributed by atoms with Crippen LogP contribution in [0.15, 0.2) is 75.4 Å². The van der Waals surface area contributed by atoms with Gasteiger partial charge >= 0.3 is 5.63 Å². The number of rotatable bonds is 8. The predicted octanol–water partition coefficient (Wildman–Crippen LogP) is 6.07. The number of para-hydroxylation sites is 1. The highest BCUT2D eigenvalue weighted by Crippen LogP contribution is 2.26. The van der Waals surface area contributed by atoms with Crippen molar-refractivity contribution in [3.63, 3.8) is 0 Å². The predicted molar refractivity (Wildman–Crippen MR) is 128 cm³/mol. The van der Waals surface area contributed by atoms with E-state index >= 15 is 0 Å². The topological polar surface area (TPSA) is 88.2 Å². The fourth-order valence-corrected chi connectivity index (χ4v) is 3.83. The highest BCUT2D eigenvalue weighted by molar-refractivity contribution is 7.11. The molecule has 0 fully saturated rings. The first kappa shape index (κ1) is 21.3. The Morgan fingerprint density at radius 2 is 2.06 bits per heavy atom. The zero-order valence-electron chi connectivity index (χ0n) is 17.5. The summed E-state index contributed by atoms with van der Waals surface area (Å²) in [4.78, 5) is 16.9. The van der Waals surface area contributed by atoms with E-state index in [-0.39, 0.29) is 0 Å². The van der Waals surface area contributed by atoms with Gasteiger partial charge in [-0.15, -0.1) is 11.3 Å². The van der Waals surface area contributed by atoms with Crippen molar-refractivity contribution in [2.75, 3.05) is 11.9 Å². The van der Waals surface area contributed by atoms with E-state index in [1.54, 1.807) is 23.7 Å². The molecule has 0 radical (unpaired) electrons. The van der Waals surface area contributed by atoms with Crippen LogP contribution in [0.2, 0.25) is 0 Å². The summed E-state index contributed by atoms with van der Waals surface area (Å²) >= 11 is 1.30. The van der Waals surface area contributed by atoms with Crippen LogP contribution in [-0.4, -0.2) is 11.6 Å². The Hall–Kier alpha value is -3.89.